The number of methoxy groups -OCH3 is 2. The molecular formula is C30H30ClNO6. The van der Waals surface area contributed by atoms with Crippen molar-refractivity contribution >= 4 is 34.7 Å². The lowest BCUT2D eigenvalue weighted by Crippen LogP contribution is -2.29. The van der Waals surface area contributed by atoms with E-state index < -0.39 is 23.5 Å². The molecular weight excluding hydrogens is 506 g/mol. The summed E-state index contributed by atoms with van der Waals surface area (Å²) in [5.41, 5.74) is 2.37. The van der Waals surface area contributed by atoms with Gasteiger partial charge in [-0.25, -0.2) is 0 Å². The van der Waals surface area contributed by atoms with Gasteiger partial charge in [-0.05, 0) is 54.3 Å². The Bertz CT molecular complexity index is 1380. The molecule has 38 heavy (non-hydrogen) atoms. The van der Waals surface area contributed by atoms with E-state index in [-0.39, 0.29) is 27.7 Å². The first-order valence-electron chi connectivity index (χ1n) is 12.3. The van der Waals surface area contributed by atoms with Crippen molar-refractivity contribution in [2.45, 2.75) is 32.7 Å². The molecule has 1 unspecified atom stereocenters. The lowest BCUT2D eigenvalue weighted by Gasteiger charge is -2.26. The van der Waals surface area contributed by atoms with E-state index in [0.717, 1.165) is 5.56 Å². The van der Waals surface area contributed by atoms with Crippen LogP contribution >= 0.6 is 11.6 Å². The van der Waals surface area contributed by atoms with Gasteiger partial charge in [-0.1, -0.05) is 49.7 Å². The number of nitrogens with zero attached hydrogens (tertiary/aromatic N) is 1. The van der Waals surface area contributed by atoms with Crippen molar-refractivity contribution in [3.8, 4) is 17.2 Å². The summed E-state index contributed by atoms with van der Waals surface area (Å²) in [5, 5.41) is 11.8. The average Bonchev–Trinajstić information content (AvgIpc) is 3.18. The van der Waals surface area contributed by atoms with Crippen molar-refractivity contribution in [2.75, 3.05) is 25.7 Å². The summed E-state index contributed by atoms with van der Waals surface area (Å²) in [5.74, 6) is -0.494. The zero-order valence-electron chi connectivity index (χ0n) is 21.9. The molecule has 1 amide bonds. The highest BCUT2D eigenvalue weighted by molar-refractivity contribution is 6.51. The van der Waals surface area contributed by atoms with Gasteiger partial charge in [0.2, 0.25) is 0 Å². The molecule has 4 rings (SSSR count). The normalized spacial score (nSPS) is 16.7. The second-order valence-corrected chi connectivity index (χ2v) is 9.51. The first-order valence-corrected chi connectivity index (χ1v) is 12.6. The minimum atomic E-state index is -0.901. The molecule has 0 radical (unpaired) electrons. The molecule has 0 aliphatic carbocycles. The van der Waals surface area contributed by atoms with Crippen molar-refractivity contribution in [1.82, 2.24) is 0 Å². The topological polar surface area (TPSA) is 85.3 Å². The third kappa shape index (κ3) is 4.94. The van der Waals surface area contributed by atoms with Crippen molar-refractivity contribution < 1.29 is 28.9 Å². The summed E-state index contributed by atoms with van der Waals surface area (Å²) in [6.45, 7) is 6.54. The molecule has 1 heterocycles. The van der Waals surface area contributed by atoms with Gasteiger partial charge in [-0.2, -0.15) is 0 Å². The van der Waals surface area contributed by atoms with Gasteiger partial charge >= 0.3 is 0 Å². The van der Waals surface area contributed by atoms with Crippen LogP contribution in [-0.4, -0.2) is 37.6 Å². The number of rotatable bonds is 8. The van der Waals surface area contributed by atoms with E-state index in [2.05, 4.69) is 13.8 Å². The molecule has 1 fully saturated rings. The van der Waals surface area contributed by atoms with Crippen LogP contribution in [0.2, 0.25) is 5.02 Å². The summed E-state index contributed by atoms with van der Waals surface area (Å²) < 4.78 is 16.3. The molecule has 3 aromatic carbocycles. The Balaban J connectivity index is 1.94. The van der Waals surface area contributed by atoms with Crippen LogP contribution in [0.4, 0.5) is 5.69 Å². The molecule has 0 saturated carbocycles. The highest BCUT2D eigenvalue weighted by atomic mass is 35.5. The van der Waals surface area contributed by atoms with Crippen LogP contribution in [0.3, 0.4) is 0 Å². The number of ketones is 1. The van der Waals surface area contributed by atoms with Crippen molar-refractivity contribution in [3.63, 3.8) is 0 Å². The summed E-state index contributed by atoms with van der Waals surface area (Å²) in [6.07, 6.45) is 0. The number of carbonyl (C=O) groups is 2. The number of amides is 1. The van der Waals surface area contributed by atoms with E-state index in [4.69, 9.17) is 25.8 Å². The van der Waals surface area contributed by atoms with E-state index in [0.29, 0.717) is 29.5 Å². The predicted molar refractivity (Wildman–Crippen MR) is 147 cm³/mol. The number of hydrogen-bond acceptors (Lipinski definition) is 6. The summed E-state index contributed by atoms with van der Waals surface area (Å²) in [6, 6.07) is 16.7. The van der Waals surface area contributed by atoms with Crippen molar-refractivity contribution in [1.29, 1.82) is 0 Å². The second kappa shape index (κ2) is 11.2. The van der Waals surface area contributed by atoms with Crippen LogP contribution in [0.15, 0.2) is 66.2 Å². The number of carbonyl (C=O) groups excluding carboxylic acids is 2. The number of aliphatic hydroxyl groups excluding tert-OH is 1. The lowest BCUT2D eigenvalue weighted by atomic mass is 9.94. The number of benzene rings is 3. The number of anilines is 1. The van der Waals surface area contributed by atoms with Gasteiger partial charge < -0.3 is 19.3 Å². The first kappa shape index (κ1) is 27.1. The highest BCUT2D eigenvalue weighted by Gasteiger charge is 2.47. The van der Waals surface area contributed by atoms with Crippen LogP contribution < -0.4 is 19.1 Å². The van der Waals surface area contributed by atoms with Gasteiger partial charge in [0.15, 0.2) is 0 Å². The van der Waals surface area contributed by atoms with Crippen molar-refractivity contribution in [2.24, 2.45) is 0 Å². The Hall–Kier alpha value is -3.97. The quantitative estimate of drug-likeness (QED) is 0.201. The number of hydrogen-bond donors (Lipinski definition) is 1. The minimum absolute atomic E-state index is 0.0743. The van der Waals surface area contributed by atoms with Crippen LogP contribution in [-0.2, 0) is 9.59 Å². The Morgan fingerprint density at radius 3 is 2.16 bits per heavy atom. The highest BCUT2D eigenvalue weighted by Crippen LogP contribution is 2.45. The Labute approximate surface area is 227 Å². The molecule has 1 atom stereocenters. The van der Waals surface area contributed by atoms with Gasteiger partial charge in [0.25, 0.3) is 11.7 Å². The molecule has 1 saturated heterocycles. The van der Waals surface area contributed by atoms with Gasteiger partial charge in [0.05, 0.1) is 43.0 Å². The maximum absolute atomic E-state index is 13.5. The molecule has 1 N–H and O–H groups in total. The molecule has 1 aliphatic rings. The Morgan fingerprint density at radius 2 is 1.61 bits per heavy atom. The average molecular weight is 536 g/mol. The fourth-order valence-electron chi connectivity index (χ4n) is 4.54. The monoisotopic (exact) mass is 535 g/mol. The van der Waals surface area contributed by atoms with Crippen LogP contribution in [0, 0.1) is 0 Å². The molecule has 3 aromatic rings. The molecule has 0 aromatic heterocycles. The van der Waals surface area contributed by atoms with Gasteiger partial charge in [0, 0.05) is 11.8 Å². The van der Waals surface area contributed by atoms with E-state index in [1.54, 1.807) is 24.3 Å². The van der Waals surface area contributed by atoms with Gasteiger partial charge in [-0.15, -0.1) is 0 Å². The predicted octanol–water partition coefficient (Wildman–Crippen LogP) is 6.51. The van der Waals surface area contributed by atoms with E-state index in [1.165, 1.54) is 31.3 Å². The lowest BCUT2D eigenvalue weighted by molar-refractivity contribution is -0.132. The van der Waals surface area contributed by atoms with Crippen LogP contribution in [0.5, 0.6) is 17.2 Å². The number of aliphatic hydroxyl groups is 1. The summed E-state index contributed by atoms with van der Waals surface area (Å²) in [7, 11) is 2.87. The fraction of sp³-hybridized carbons (Fsp3) is 0.267. The molecule has 0 bridgehead atoms. The SMILES string of the molecule is CCOc1ccc(C2/C(=C(\O)c3cc(OC)c(Cl)cc3OC)C(=O)C(=O)N2c2ccc(C(C)C)cc2)cc1. The number of ether oxygens (including phenoxy) is 3. The van der Waals surface area contributed by atoms with Gasteiger partial charge in [-0.3, -0.25) is 14.5 Å². The maximum atomic E-state index is 13.5. The summed E-state index contributed by atoms with van der Waals surface area (Å²) in [4.78, 5) is 28.4. The molecule has 0 spiro atoms. The molecule has 8 heteroatoms. The van der Waals surface area contributed by atoms with Crippen molar-refractivity contribution in [3.05, 3.63) is 87.9 Å². The fourth-order valence-corrected chi connectivity index (χ4v) is 4.77. The Kier molecular flexibility index (Phi) is 7.97. The third-order valence-electron chi connectivity index (χ3n) is 6.52. The number of Topliss-reactive ketones (excluding diaryl/α,β-unsaturated/α-hetero) is 1. The number of halogens is 1. The van der Waals surface area contributed by atoms with E-state index in [9.17, 15) is 14.7 Å². The molecule has 7 nitrogen and oxygen atoms in total. The maximum Gasteiger partial charge on any atom is 0.300 e. The van der Waals surface area contributed by atoms with Crippen LogP contribution in [0.25, 0.3) is 5.76 Å². The molecule has 198 valence electrons. The first-order chi connectivity index (χ1) is 18.2. The zero-order chi connectivity index (χ0) is 27.6. The van der Waals surface area contributed by atoms with Gasteiger partial charge in [0.1, 0.15) is 23.0 Å². The van der Waals surface area contributed by atoms with Crippen LogP contribution in [0.1, 0.15) is 49.4 Å². The summed E-state index contributed by atoms with van der Waals surface area (Å²) >= 11 is 6.26. The Morgan fingerprint density at radius 1 is 0.974 bits per heavy atom. The smallest absolute Gasteiger partial charge is 0.300 e. The van der Waals surface area contributed by atoms with E-state index in [1.807, 2.05) is 31.2 Å². The van der Waals surface area contributed by atoms with E-state index >= 15 is 0 Å². The molecule has 1 aliphatic heterocycles. The third-order valence-corrected chi connectivity index (χ3v) is 6.81. The zero-order valence-corrected chi connectivity index (χ0v) is 22.7. The minimum Gasteiger partial charge on any atom is -0.507 e. The second-order valence-electron chi connectivity index (χ2n) is 9.10. The largest absolute Gasteiger partial charge is 0.507 e. The standard InChI is InChI=1S/C30H30ClNO6/c1-6-38-21-13-9-19(10-14-21)27-26(28(33)22-15-25(37-5)23(31)16-24(22)36-4)29(34)30(35)32(27)20-11-7-18(8-12-20)17(2)3/h7-17,27,33H,6H2,1-5H3/b28-26+.